The molecule has 3 heterocycles. The smallest absolute Gasteiger partial charge is 0.227 e. The topological polar surface area (TPSA) is 62.5 Å². The number of hydrogen-bond acceptors (Lipinski definition) is 5. The lowest BCUT2D eigenvalue weighted by molar-refractivity contribution is -0.132. The molecule has 0 unspecified atom stereocenters. The Morgan fingerprint density at radius 2 is 1.87 bits per heavy atom. The van der Waals surface area contributed by atoms with Gasteiger partial charge in [-0.05, 0) is 31.5 Å². The third-order valence-electron chi connectivity index (χ3n) is 4.39. The number of aromatic nitrogens is 2. The fourth-order valence-corrected chi connectivity index (χ4v) is 2.92. The first-order valence-corrected chi connectivity index (χ1v) is 7.94. The first-order valence-electron chi connectivity index (χ1n) is 7.94. The van der Waals surface area contributed by atoms with Crippen LogP contribution in [0.1, 0.15) is 22.6 Å². The van der Waals surface area contributed by atoms with Gasteiger partial charge in [0.05, 0.1) is 12.1 Å². The maximum Gasteiger partial charge on any atom is 0.227 e. The number of hydrogen-bond donors (Lipinski definition) is 0. The molecular weight excluding hydrogens is 292 g/mol. The van der Waals surface area contributed by atoms with Gasteiger partial charge in [-0.1, -0.05) is 5.16 Å². The number of piperazine rings is 1. The summed E-state index contributed by atoms with van der Waals surface area (Å²) in [6.07, 6.45) is 4.02. The van der Waals surface area contributed by atoms with E-state index >= 15 is 0 Å². The summed E-state index contributed by atoms with van der Waals surface area (Å²) in [4.78, 5) is 20.8. The van der Waals surface area contributed by atoms with Crippen molar-refractivity contribution in [1.29, 1.82) is 0 Å². The van der Waals surface area contributed by atoms with E-state index in [0.717, 1.165) is 49.7 Å². The summed E-state index contributed by atoms with van der Waals surface area (Å²) in [5, 5.41) is 3.91. The fourth-order valence-electron chi connectivity index (χ4n) is 2.92. The van der Waals surface area contributed by atoms with E-state index in [0.29, 0.717) is 6.42 Å². The molecule has 1 fully saturated rings. The number of rotatable bonds is 4. The quantitative estimate of drug-likeness (QED) is 0.857. The first-order chi connectivity index (χ1) is 11.1. The molecule has 0 bridgehead atoms. The average molecular weight is 314 g/mol. The van der Waals surface area contributed by atoms with Crippen LogP contribution in [0.4, 0.5) is 0 Å². The molecule has 122 valence electrons. The lowest BCUT2D eigenvalue weighted by Crippen LogP contribution is -2.48. The Bertz CT molecular complexity index is 641. The standard InChI is InChI=1S/C17H22N4O2/c1-13-16(14(2)23-19-13)11-17(22)21-9-7-20(8-10-21)12-15-3-5-18-6-4-15/h3-6H,7-12H2,1-2H3. The van der Waals surface area contributed by atoms with Crippen LogP contribution in [0.5, 0.6) is 0 Å². The van der Waals surface area contributed by atoms with Crippen LogP contribution in [0.2, 0.25) is 0 Å². The molecule has 0 spiro atoms. The van der Waals surface area contributed by atoms with Gasteiger partial charge in [0.25, 0.3) is 0 Å². The van der Waals surface area contributed by atoms with E-state index in [1.807, 2.05) is 43.3 Å². The molecule has 0 radical (unpaired) electrons. The Kier molecular flexibility index (Phi) is 4.71. The number of amides is 1. The Morgan fingerprint density at radius 3 is 2.48 bits per heavy atom. The van der Waals surface area contributed by atoms with E-state index in [1.165, 1.54) is 5.56 Å². The van der Waals surface area contributed by atoms with Crippen LogP contribution in [0.25, 0.3) is 0 Å². The normalized spacial score (nSPS) is 15.8. The van der Waals surface area contributed by atoms with Crippen molar-refractivity contribution in [2.75, 3.05) is 26.2 Å². The fraction of sp³-hybridized carbons (Fsp3) is 0.471. The monoisotopic (exact) mass is 314 g/mol. The molecule has 0 aromatic carbocycles. The van der Waals surface area contributed by atoms with Crippen molar-refractivity contribution in [1.82, 2.24) is 19.9 Å². The zero-order valence-corrected chi connectivity index (χ0v) is 13.7. The zero-order valence-electron chi connectivity index (χ0n) is 13.7. The lowest BCUT2D eigenvalue weighted by atomic mass is 10.1. The van der Waals surface area contributed by atoms with Crippen molar-refractivity contribution in [2.45, 2.75) is 26.8 Å². The molecule has 2 aromatic rings. The summed E-state index contributed by atoms with van der Waals surface area (Å²) in [5.41, 5.74) is 3.00. The van der Waals surface area contributed by atoms with Gasteiger partial charge in [0.1, 0.15) is 5.76 Å². The van der Waals surface area contributed by atoms with Crippen molar-refractivity contribution in [3.63, 3.8) is 0 Å². The van der Waals surface area contributed by atoms with Crippen LogP contribution in [0.15, 0.2) is 29.0 Å². The van der Waals surface area contributed by atoms with Gasteiger partial charge in [0.2, 0.25) is 5.91 Å². The minimum absolute atomic E-state index is 0.156. The van der Waals surface area contributed by atoms with Gasteiger partial charge in [-0.15, -0.1) is 0 Å². The van der Waals surface area contributed by atoms with Gasteiger partial charge in [0, 0.05) is 50.7 Å². The summed E-state index contributed by atoms with van der Waals surface area (Å²) in [5.74, 6) is 0.898. The van der Waals surface area contributed by atoms with E-state index in [1.54, 1.807) is 0 Å². The molecule has 0 N–H and O–H groups in total. The van der Waals surface area contributed by atoms with Crippen LogP contribution in [0.3, 0.4) is 0 Å². The van der Waals surface area contributed by atoms with E-state index < -0.39 is 0 Å². The van der Waals surface area contributed by atoms with E-state index in [2.05, 4.69) is 15.0 Å². The maximum absolute atomic E-state index is 12.5. The predicted molar refractivity (Wildman–Crippen MR) is 85.8 cm³/mol. The van der Waals surface area contributed by atoms with Gasteiger partial charge in [-0.25, -0.2) is 0 Å². The molecule has 2 aromatic heterocycles. The minimum Gasteiger partial charge on any atom is -0.361 e. The third kappa shape index (κ3) is 3.76. The highest BCUT2D eigenvalue weighted by molar-refractivity contribution is 5.79. The summed E-state index contributed by atoms with van der Waals surface area (Å²) in [6, 6.07) is 4.07. The lowest BCUT2D eigenvalue weighted by Gasteiger charge is -2.34. The molecule has 0 saturated carbocycles. The van der Waals surface area contributed by atoms with Gasteiger partial charge < -0.3 is 9.42 Å². The molecule has 0 atom stereocenters. The Labute approximate surface area is 136 Å². The predicted octanol–water partition coefficient (Wildman–Crippen LogP) is 1.57. The van der Waals surface area contributed by atoms with Gasteiger partial charge in [0.15, 0.2) is 0 Å². The maximum atomic E-state index is 12.5. The highest BCUT2D eigenvalue weighted by Crippen LogP contribution is 2.15. The van der Waals surface area contributed by atoms with Gasteiger partial charge in [-0.2, -0.15) is 0 Å². The summed E-state index contributed by atoms with van der Waals surface area (Å²) < 4.78 is 5.13. The number of pyridine rings is 1. The largest absolute Gasteiger partial charge is 0.361 e. The van der Waals surface area contributed by atoms with Crippen molar-refractivity contribution in [2.24, 2.45) is 0 Å². The SMILES string of the molecule is Cc1noc(C)c1CC(=O)N1CCN(Cc2ccncc2)CC1. The van der Waals surface area contributed by atoms with Crippen molar-refractivity contribution >= 4 is 5.91 Å². The van der Waals surface area contributed by atoms with Crippen LogP contribution in [-0.4, -0.2) is 52.0 Å². The van der Waals surface area contributed by atoms with E-state index in [4.69, 9.17) is 4.52 Å². The van der Waals surface area contributed by atoms with E-state index in [9.17, 15) is 4.79 Å². The number of aryl methyl sites for hydroxylation is 2. The molecule has 1 aliphatic rings. The van der Waals surface area contributed by atoms with Crippen molar-refractivity contribution in [3.8, 4) is 0 Å². The van der Waals surface area contributed by atoms with Crippen LogP contribution in [0, 0.1) is 13.8 Å². The van der Waals surface area contributed by atoms with Gasteiger partial charge >= 0.3 is 0 Å². The highest BCUT2D eigenvalue weighted by Gasteiger charge is 2.23. The second kappa shape index (κ2) is 6.91. The molecule has 1 saturated heterocycles. The Morgan fingerprint density at radius 1 is 1.17 bits per heavy atom. The van der Waals surface area contributed by atoms with Crippen LogP contribution < -0.4 is 0 Å². The van der Waals surface area contributed by atoms with Crippen LogP contribution >= 0.6 is 0 Å². The second-order valence-electron chi connectivity index (χ2n) is 5.99. The highest BCUT2D eigenvalue weighted by atomic mass is 16.5. The molecule has 6 heteroatoms. The Hall–Kier alpha value is -2.21. The number of carbonyl (C=O) groups is 1. The molecular formula is C17H22N4O2. The second-order valence-corrected chi connectivity index (χ2v) is 5.99. The van der Waals surface area contributed by atoms with Crippen molar-refractivity contribution < 1.29 is 9.32 Å². The molecule has 3 rings (SSSR count). The summed E-state index contributed by atoms with van der Waals surface area (Å²) >= 11 is 0. The molecule has 1 aliphatic heterocycles. The first kappa shape index (κ1) is 15.7. The zero-order chi connectivity index (χ0) is 16.2. The van der Waals surface area contributed by atoms with Gasteiger partial charge in [-0.3, -0.25) is 14.7 Å². The van der Waals surface area contributed by atoms with E-state index in [-0.39, 0.29) is 5.91 Å². The average Bonchev–Trinajstić information content (AvgIpc) is 2.88. The number of nitrogens with zero attached hydrogens (tertiary/aromatic N) is 4. The minimum atomic E-state index is 0.156. The molecule has 0 aliphatic carbocycles. The Balaban J connectivity index is 1.51. The third-order valence-corrected chi connectivity index (χ3v) is 4.39. The molecule has 1 amide bonds. The van der Waals surface area contributed by atoms with Crippen LogP contribution in [-0.2, 0) is 17.8 Å². The molecule has 6 nitrogen and oxygen atoms in total. The summed E-state index contributed by atoms with van der Waals surface area (Å²) in [7, 11) is 0. The number of carbonyl (C=O) groups excluding carboxylic acids is 1. The molecule has 23 heavy (non-hydrogen) atoms. The summed E-state index contributed by atoms with van der Waals surface area (Å²) in [6.45, 7) is 7.99. The van der Waals surface area contributed by atoms with Crippen molar-refractivity contribution in [3.05, 3.63) is 47.1 Å².